The largest absolute Gasteiger partial charge is 0.469 e. The van der Waals surface area contributed by atoms with E-state index >= 15 is 0 Å². The maximum absolute atomic E-state index is 11.0. The van der Waals surface area contributed by atoms with Crippen LogP contribution in [0.5, 0.6) is 0 Å². The van der Waals surface area contributed by atoms with Crippen molar-refractivity contribution >= 4 is 27.7 Å². The zero-order valence-corrected chi connectivity index (χ0v) is 12.0. The van der Waals surface area contributed by atoms with Crippen LogP contribution in [0.15, 0.2) is 16.7 Å². The summed E-state index contributed by atoms with van der Waals surface area (Å²) in [5.74, 6) is 0.726. The topological polar surface area (TPSA) is 42.4 Å². The average molecular weight is 301 g/mol. The zero-order chi connectivity index (χ0) is 12.8. The summed E-state index contributed by atoms with van der Waals surface area (Å²) in [6.07, 6.45) is 2.97. The number of pyridine rings is 1. The van der Waals surface area contributed by atoms with Crippen LogP contribution in [-0.4, -0.2) is 31.7 Å². The molecule has 1 aromatic heterocycles. The van der Waals surface area contributed by atoms with Gasteiger partial charge < -0.3 is 9.64 Å². The molecule has 0 spiro atoms. The third-order valence-electron chi connectivity index (χ3n) is 2.53. The summed E-state index contributed by atoms with van der Waals surface area (Å²) in [4.78, 5) is 17.3. The molecule has 0 N–H and O–H groups in total. The number of rotatable bonds is 5. The molecule has 0 aliphatic carbocycles. The summed E-state index contributed by atoms with van der Waals surface area (Å²) >= 11 is 3.52. The molecule has 0 unspecified atom stereocenters. The van der Waals surface area contributed by atoms with Crippen LogP contribution in [0.3, 0.4) is 0 Å². The molecule has 0 saturated carbocycles. The molecule has 0 radical (unpaired) electrons. The summed E-state index contributed by atoms with van der Waals surface area (Å²) < 4.78 is 5.60. The van der Waals surface area contributed by atoms with Gasteiger partial charge in [-0.2, -0.15) is 0 Å². The number of esters is 1. The fourth-order valence-corrected chi connectivity index (χ4v) is 2.00. The van der Waals surface area contributed by atoms with Gasteiger partial charge in [0.1, 0.15) is 5.82 Å². The molecule has 1 rings (SSSR count). The SMILES string of the molecule is COC(=O)CCCN(C)c1nccc(C)c1Br. The van der Waals surface area contributed by atoms with E-state index in [2.05, 4.69) is 25.7 Å². The van der Waals surface area contributed by atoms with E-state index in [4.69, 9.17) is 0 Å². The Labute approximate surface area is 110 Å². The van der Waals surface area contributed by atoms with E-state index in [-0.39, 0.29) is 5.97 Å². The first-order valence-corrected chi connectivity index (χ1v) is 6.24. The number of carbonyl (C=O) groups excluding carboxylic acids is 1. The lowest BCUT2D eigenvalue weighted by Crippen LogP contribution is -2.21. The second-order valence-corrected chi connectivity index (χ2v) is 4.66. The van der Waals surface area contributed by atoms with Crippen molar-refractivity contribution in [2.24, 2.45) is 0 Å². The van der Waals surface area contributed by atoms with Gasteiger partial charge in [-0.05, 0) is 40.9 Å². The molecule has 0 aliphatic rings. The van der Waals surface area contributed by atoms with Crippen LogP contribution in [-0.2, 0) is 9.53 Å². The Bertz CT molecular complexity index is 396. The summed E-state index contributed by atoms with van der Waals surface area (Å²) in [6.45, 7) is 2.79. The number of halogens is 1. The van der Waals surface area contributed by atoms with E-state index < -0.39 is 0 Å². The van der Waals surface area contributed by atoms with Crippen LogP contribution in [0.25, 0.3) is 0 Å². The zero-order valence-electron chi connectivity index (χ0n) is 10.4. The Morgan fingerprint density at radius 2 is 2.29 bits per heavy atom. The first-order chi connectivity index (χ1) is 8.06. The Hall–Kier alpha value is -1.10. The van der Waals surface area contributed by atoms with Gasteiger partial charge in [0.25, 0.3) is 0 Å². The molecule has 94 valence electrons. The van der Waals surface area contributed by atoms with Crippen molar-refractivity contribution in [3.8, 4) is 0 Å². The van der Waals surface area contributed by atoms with Gasteiger partial charge >= 0.3 is 5.97 Å². The molecule has 4 nitrogen and oxygen atoms in total. The van der Waals surface area contributed by atoms with Crippen molar-refractivity contribution in [2.75, 3.05) is 25.6 Å². The molecule has 5 heteroatoms. The second kappa shape index (κ2) is 6.59. The third-order valence-corrected chi connectivity index (χ3v) is 3.51. The minimum atomic E-state index is -0.172. The van der Waals surface area contributed by atoms with E-state index in [0.717, 1.165) is 28.8 Å². The molecular weight excluding hydrogens is 284 g/mol. The van der Waals surface area contributed by atoms with Crippen LogP contribution in [0.1, 0.15) is 18.4 Å². The van der Waals surface area contributed by atoms with Gasteiger partial charge in [0.05, 0.1) is 11.6 Å². The smallest absolute Gasteiger partial charge is 0.305 e. The lowest BCUT2D eigenvalue weighted by molar-refractivity contribution is -0.140. The van der Waals surface area contributed by atoms with E-state index in [1.165, 1.54) is 7.11 Å². The monoisotopic (exact) mass is 300 g/mol. The van der Waals surface area contributed by atoms with Crippen LogP contribution in [0.4, 0.5) is 5.82 Å². The highest BCUT2D eigenvalue weighted by atomic mass is 79.9. The fourth-order valence-electron chi connectivity index (χ4n) is 1.46. The van der Waals surface area contributed by atoms with E-state index in [1.54, 1.807) is 6.20 Å². The molecule has 0 fully saturated rings. The maximum Gasteiger partial charge on any atom is 0.305 e. The van der Waals surface area contributed by atoms with Crippen LogP contribution in [0.2, 0.25) is 0 Å². The number of aryl methyl sites for hydroxylation is 1. The van der Waals surface area contributed by atoms with Crippen molar-refractivity contribution in [1.82, 2.24) is 4.98 Å². The molecule has 0 amide bonds. The Morgan fingerprint density at radius 1 is 1.59 bits per heavy atom. The third kappa shape index (κ3) is 4.00. The van der Waals surface area contributed by atoms with Gasteiger partial charge in [-0.3, -0.25) is 4.79 Å². The lowest BCUT2D eigenvalue weighted by atomic mass is 10.2. The van der Waals surface area contributed by atoms with Gasteiger partial charge in [0.2, 0.25) is 0 Å². The van der Waals surface area contributed by atoms with Gasteiger partial charge in [-0.25, -0.2) is 4.98 Å². The lowest BCUT2D eigenvalue weighted by Gasteiger charge is -2.19. The van der Waals surface area contributed by atoms with Crippen LogP contribution >= 0.6 is 15.9 Å². The minimum Gasteiger partial charge on any atom is -0.469 e. The molecule has 1 aromatic rings. The first-order valence-electron chi connectivity index (χ1n) is 5.45. The van der Waals surface area contributed by atoms with E-state index in [1.807, 2.05) is 24.9 Å². The molecule has 0 saturated heterocycles. The van der Waals surface area contributed by atoms with Crippen LogP contribution in [0, 0.1) is 6.92 Å². The first kappa shape index (κ1) is 14.0. The van der Waals surface area contributed by atoms with Gasteiger partial charge in [-0.15, -0.1) is 0 Å². The van der Waals surface area contributed by atoms with Crippen molar-refractivity contribution in [2.45, 2.75) is 19.8 Å². The number of aromatic nitrogens is 1. The molecule has 0 bridgehead atoms. The van der Waals surface area contributed by atoms with Crippen LogP contribution < -0.4 is 4.90 Å². The fraction of sp³-hybridized carbons (Fsp3) is 0.500. The molecule has 0 aliphatic heterocycles. The highest BCUT2D eigenvalue weighted by Gasteiger charge is 2.09. The van der Waals surface area contributed by atoms with Gasteiger partial charge in [0, 0.05) is 26.2 Å². The quantitative estimate of drug-likeness (QED) is 0.784. The summed E-state index contributed by atoms with van der Waals surface area (Å²) in [5, 5.41) is 0. The predicted octanol–water partition coefficient (Wildman–Crippen LogP) is 2.54. The minimum absolute atomic E-state index is 0.172. The van der Waals surface area contributed by atoms with E-state index in [0.29, 0.717) is 6.42 Å². The summed E-state index contributed by atoms with van der Waals surface area (Å²) in [6, 6.07) is 1.95. The Kier molecular flexibility index (Phi) is 5.41. The van der Waals surface area contributed by atoms with Crippen molar-refractivity contribution in [3.05, 3.63) is 22.3 Å². The normalized spacial score (nSPS) is 10.1. The Morgan fingerprint density at radius 3 is 2.94 bits per heavy atom. The number of ether oxygens (including phenoxy) is 1. The number of anilines is 1. The maximum atomic E-state index is 11.0. The molecule has 0 aromatic carbocycles. The summed E-state index contributed by atoms with van der Waals surface area (Å²) in [5.41, 5.74) is 1.15. The molecule has 1 heterocycles. The van der Waals surface area contributed by atoms with Crippen molar-refractivity contribution in [3.63, 3.8) is 0 Å². The average Bonchev–Trinajstić information content (AvgIpc) is 2.32. The number of carbonyl (C=O) groups is 1. The second-order valence-electron chi connectivity index (χ2n) is 3.87. The predicted molar refractivity (Wildman–Crippen MR) is 71.2 cm³/mol. The van der Waals surface area contributed by atoms with E-state index in [9.17, 15) is 4.79 Å². The standard InChI is InChI=1S/C12H17BrN2O2/c1-9-6-7-14-12(11(9)13)15(2)8-4-5-10(16)17-3/h6-7H,4-5,8H2,1-3H3. The highest BCUT2D eigenvalue weighted by molar-refractivity contribution is 9.10. The highest BCUT2D eigenvalue weighted by Crippen LogP contribution is 2.25. The van der Waals surface area contributed by atoms with Gasteiger partial charge in [0.15, 0.2) is 0 Å². The van der Waals surface area contributed by atoms with Crippen molar-refractivity contribution < 1.29 is 9.53 Å². The Balaban J connectivity index is 2.55. The number of hydrogen-bond donors (Lipinski definition) is 0. The van der Waals surface area contributed by atoms with Crippen molar-refractivity contribution in [1.29, 1.82) is 0 Å². The molecule has 0 atom stereocenters. The summed E-state index contributed by atoms with van der Waals surface area (Å²) in [7, 11) is 3.37. The molecular formula is C12H17BrN2O2. The number of nitrogens with zero attached hydrogens (tertiary/aromatic N) is 2. The molecule has 17 heavy (non-hydrogen) atoms. The number of methoxy groups -OCH3 is 1. The van der Waals surface area contributed by atoms with Gasteiger partial charge in [-0.1, -0.05) is 0 Å². The number of hydrogen-bond acceptors (Lipinski definition) is 4.